The second-order valence-electron chi connectivity index (χ2n) is 9.42. The van der Waals surface area contributed by atoms with Crippen LogP contribution >= 0.6 is 23.2 Å². The van der Waals surface area contributed by atoms with E-state index in [9.17, 15) is 4.79 Å². The first kappa shape index (κ1) is 25.2. The maximum absolute atomic E-state index is 13.8. The zero-order valence-corrected chi connectivity index (χ0v) is 21.8. The SMILES string of the molecule is COC1(C)OOC(c2ccc(Cl)cc2)CC1OC(=O)c1c(C)c2c(Cl)nc(N)nc2n1C1CCCC1. The molecule has 192 valence electrons. The Morgan fingerprint density at radius 1 is 1.19 bits per heavy atom. The number of esters is 1. The first-order valence-corrected chi connectivity index (χ1v) is 12.7. The highest BCUT2D eigenvalue weighted by Gasteiger charge is 2.47. The molecule has 1 saturated heterocycles. The van der Waals surface area contributed by atoms with Crippen LogP contribution in [-0.2, 0) is 19.2 Å². The fourth-order valence-electron chi connectivity index (χ4n) is 5.14. The highest BCUT2D eigenvalue weighted by atomic mass is 35.5. The van der Waals surface area contributed by atoms with Crippen LogP contribution in [0.1, 0.15) is 72.8 Å². The lowest BCUT2D eigenvalue weighted by atomic mass is 9.98. The summed E-state index contributed by atoms with van der Waals surface area (Å²) in [7, 11) is 1.48. The molecule has 2 aromatic heterocycles. The largest absolute Gasteiger partial charge is 0.452 e. The van der Waals surface area contributed by atoms with Crippen LogP contribution in [0.4, 0.5) is 5.95 Å². The van der Waals surface area contributed by atoms with Gasteiger partial charge in [-0.2, -0.15) is 9.87 Å². The van der Waals surface area contributed by atoms with Gasteiger partial charge in [0.2, 0.25) is 11.7 Å². The van der Waals surface area contributed by atoms with Gasteiger partial charge in [0.15, 0.2) is 6.10 Å². The van der Waals surface area contributed by atoms with Gasteiger partial charge < -0.3 is 19.8 Å². The number of nitrogen functional groups attached to an aromatic ring is 1. The minimum absolute atomic E-state index is 0.0553. The van der Waals surface area contributed by atoms with Crippen molar-refractivity contribution in [1.29, 1.82) is 0 Å². The number of carbonyl (C=O) groups is 1. The number of methoxy groups -OCH3 is 1. The topological polar surface area (TPSA) is 111 Å². The van der Waals surface area contributed by atoms with Crippen molar-refractivity contribution in [2.24, 2.45) is 0 Å². The number of hydrogen-bond donors (Lipinski definition) is 1. The Morgan fingerprint density at radius 2 is 1.89 bits per heavy atom. The standard InChI is InChI=1S/C25H28Cl2N4O5/c1-13-19-21(27)29-24(28)30-22(19)31(16-6-4-5-7-16)20(13)23(32)34-18-12-17(35-36-25(18,2)33-3)14-8-10-15(26)11-9-14/h8-11,16-18H,4-7,12H2,1-3H3,(H2,28,29,30). The molecule has 11 heteroatoms. The van der Waals surface area contributed by atoms with Crippen molar-refractivity contribution in [1.82, 2.24) is 14.5 Å². The number of nitrogens with two attached hydrogens (primary N) is 1. The van der Waals surface area contributed by atoms with Crippen molar-refractivity contribution in [2.75, 3.05) is 12.8 Å². The van der Waals surface area contributed by atoms with Crippen molar-refractivity contribution < 1.29 is 24.0 Å². The number of carbonyl (C=O) groups excluding carboxylic acids is 1. The van der Waals surface area contributed by atoms with Crippen molar-refractivity contribution >= 4 is 46.2 Å². The Labute approximate surface area is 218 Å². The number of hydrogen-bond acceptors (Lipinski definition) is 8. The quantitative estimate of drug-likeness (QED) is 0.251. The van der Waals surface area contributed by atoms with E-state index in [4.69, 9.17) is 48.2 Å². The highest BCUT2D eigenvalue weighted by molar-refractivity contribution is 6.34. The van der Waals surface area contributed by atoms with Crippen molar-refractivity contribution in [3.8, 4) is 0 Å². The van der Waals surface area contributed by atoms with Crippen LogP contribution < -0.4 is 5.73 Å². The molecule has 0 amide bonds. The third-order valence-electron chi connectivity index (χ3n) is 7.18. The van der Waals surface area contributed by atoms with Crippen LogP contribution in [0.5, 0.6) is 0 Å². The molecule has 3 atom stereocenters. The van der Waals surface area contributed by atoms with E-state index in [0.717, 1.165) is 31.2 Å². The molecule has 1 aromatic carbocycles. The third-order valence-corrected chi connectivity index (χ3v) is 7.71. The van der Waals surface area contributed by atoms with Gasteiger partial charge >= 0.3 is 5.97 Å². The number of nitrogens with zero attached hydrogens (tertiary/aromatic N) is 3. The summed E-state index contributed by atoms with van der Waals surface area (Å²) in [5, 5.41) is 1.42. The Morgan fingerprint density at radius 3 is 2.56 bits per heavy atom. The Kier molecular flexibility index (Phi) is 6.86. The fourth-order valence-corrected chi connectivity index (χ4v) is 5.58. The highest BCUT2D eigenvalue weighted by Crippen LogP contribution is 2.41. The maximum Gasteiger partial charge on any atom is 0.355 e. The molecule has 9 nitrogen and oxygen atoms in total. The van der Waals surface area contributed by atoms with E-state index >= 15 is 0 Å². The van der Waals surface area contributed by atoms with E-state index < -0.39 is 24.0 Å². The molecular formula is C25H28Cl2N4O5. The predicted octanol–water partition coefficient (Wildman–Crippen LogP) is 5.73. The van der Waals surface area contributed by atoms with E-state index in [1.807, 2.05) is 23.6 Å². The minimum Gasteiger partial charge on any atom is -0.452 e. The molecule has 2 aliphatic rings. The van der Waals surface area contributed by atoms with Crippen LogP contribution in [-0.4, -0.2) is 39.5 Å². The summed E-state index contributed by atoms with van der Waals surface area (Å²) in [6, 6.07) is 7.31. The lowest BCUT2D eigenvalue weighted by molar-refractivity contribution is -0.481. The monoisotopic (exact) mass is 534 g/mol. The van der Waals surface area contributed by atoms with Crippen LogP contribution in [0.15, 0.2) is 24.3 Å². The summed E-state index contributed by atoms with van der Waals surface area (Å²) in [6.07, 6.45) is 3.01. The molecule has 1 aliphatic heterocycles. The first-order valence-electron chi connectivity index (χ1n) is 11.9. The van der Waals surface area contributed by atoms with Gasteiger partial charge in [-0.25, -0.2) is 14.7 Å². The molecule has 0 bridgehead atoms. The summed E-state index contributed by atoms with van der Waals surface area (Å²) in [4.78, 5) is 33.6. The third kappa shape index (κ3) is 4.43. The molecule has 0 radical (unpaired) electrons. The normalized spacial score (nSPS) is 24.9. The number of anilines is 1. The molecular weight excluding hydrogens is 507 g/mol. The van der Waals surface area contributed by atoms with Gasteiger partial charge in [0.1, 0.15) is 22.6 Å². The van der Waals surface area contributed by atoms with Gasteiger partial charge in [0.25, 0.3) is 0 Å². The predicted molar refractivity (Wildman–Crippen MR) is 135 cm³/mol. The second-order valence-corrected chi connectivity index (χ2v) is 10.2. The second kappa shape index (κ2) is 9.79. The smallest absolute Gasteiger partial charge is 0.355 e. The van der Waals surface area contributed by atoms with Crippen molar-refractivity contribution in [3.63, 3.8) is 0 Å². The number of aromatic nitrogens is 3. The lowest BCUT2D eigenvalue weighted by Gasteiger charge is -2.40. The molecule has 3 aromatic rings. The number of halogens is 2. The Bertz CT molecular complexity index is 1290. The fraction of sp³-hybridized carbons (Fsp3) is 0.480. The summed E-state index contributed by atoms with van der Waals surface area (Å²) in [6.45, 7) is 3.49. The number of aryl methyl sites for hydroxylation is 1. The molecule has 1 aliphatic carbocycles. The summed E-state index contributed by atoms with van der Waals surface area (Å²) < 4.78 is 13.6. The van der Waals surface area contributed by atoms with E-state index in [0.29, 0.717) is 33.7 Å². The molecule has 3 unspecified atom stereocenters. The van der Waals surface area contributed by atoms with Crippen LogP contribution in [0.2, 0.25) is 10.2 Å². The average molecular weight is 535 g/mol. The zero-order valence-electron chi connectivity index (χ0n) is 20.3. The van der Waals surface area contributed by atoms with Crippen molar-refractivity contribution in [3.05, 3.63) is 51.3 Å². The van der Waals surface area contributed by atoms with Crippen LogP contribution in [0.3, 0.4) is 0 Å². The van der Waals surface area contributed by atoms with E-state index in [-0.39, 0.29) is 17.1 Å². The molecule has 5 rings (SSSR count). The maximum atomic E-state index is 13.8. The number of fused-ring (bicyclic) bond motifs is 1. The van der Waals surface area contributed by atoms with E-state index in [1.54, 1.807) is 19.1 Å². The van der Waals surface area contributed by atoms with Crippen LogP contribution in [0.25, 0.3) is 11.0 Å². The van der Waals surface area contributed by atoms with Gasteiger partial charge in [0.05, 0.1) is 5.39 Å². The van der Waals surface area contributed by atoms with Gasteiger partial charge in [-0.15, -0.1) is 0 Å². The number of rotatable bonds is 5. The van der Waals surface area contributed by atoms with Crippen molar-refractivity contribution in [2.45, 2.75) is 70.0 Å². The zero-order chi connectivity index (χ0) is 25.6. The number of benzene rings is 1. The molecule has 0 spiro atoms. The molecule has 36 heavy (non-hydrogen) atoms. The Balaban J connectivity index is 1.52. The molecule has 3 heterocycles. The molecule has 2 N–H and O–H groups in total. The minimum atomic E-state index is -1.31. The summed E-state index contributed by atoms with van der Waals surface area (Å²) in [5.74, 6) is -1.78. The summed E-state index contributed by atoms with van der Waals surface area (Å²) in [5.41, 5.74) is 8.33. The van der Waals surface area contributed by atoms with E-state index in [1.165, 1.54) is 7.11 Å². The van der Waals surface area contributed by atoms with E-state index in [2.05, 4.69) is 9.97 Å². The summed E-state index contributed by atoms with van der Waals surface area (Å²) >= 11 is 12.5. The lowest BCUT2D eigenvalue weighted by Crippen LogP contribution is -2.51. The van der Waals surface area contributed by atoms with Crippen LogP contribution in [0, 0.1) is 6.92 Å². The van der Waals surface area contributed by atoms with Gasteiger partial charge in [-0.05, 0) is 49.9 Å². The average Bonchev–Trinajstić information content (AvgIpc) is 3.47. The van der Waals surface area contributed by atoms with Gasteiger partial charge in [0, 0.05) is 24.6 Å². The Hall–Kier alpha value is -2.43. The first-order chi connectivity index (χ1) is 17.2. The number of ether oxygens (including phenoxy) is 2. The molecule has 1 saturated carbocycles. The molecule has 2 fully saturated rings. The van der Waals surface area contributed by atoms with Gasteiger partial charge in [-0.1, -0.05) is 48.2 Å². The van der Waals surface area contributed by atoms with Gasteiger partial charge in [-0.3, -0.25) is 0 Å².